The Balaban J connectivity index is 0.00000169. The molecule has 0 unspecified atom stereocenters. The second kappa shape index (κ2) is 7.06. The van der Waals surface area contributed by atoms with Crippen LogP contribution in [-0.2, 0) is 0 Å². The maximum Gasteiger partial charge on any atom is 0.0808 e. The zero-order chi connectivity index (χ0) is 15.6. The van der Waals surface area contributed by atoms with E-state index >= 15 is 0 Å². The number of benzene rings is 3. The average molecular weight is 337 g/mol. The van der Waals surface area contributed by atoms with Crippen molar-refractivity contribution in [2.24, 2.45) is 0 Å². The summed E-state index contributed by atoms with van der Waals surface area (Å²) in [4.78, 5) is 4.95. The van der Waals surface area contributed by atoms with E-state index in [1.807, 2.05) is 0 Å². The third-order valence-electron chi connectivity index (χ3n) is 4.41. The Labute approximate surface area is 148 Å². The van der Waals surface area contributed by atoms with Gasteiger partial charge < -0.3 is 5.32 Å². The third kappa shape index (κ3) is 2.78. The minimum atomic E-state index is 0. The quantitative estimate of drug-likeness (QED) is 0.273. The fraction of sp³-hybridized carbons (Fsp3) is 0.190. The molecule has 24 heavy (non-hydrogen) atoms. The molecule has 0 saturated heterocycles. The highest BCUT2D eigenvalue weighted by atomic mass is 35.5. The summed E-state index contributed by atoms with van der Waals surface area (Å²) in [7, 11) is 0. The van der Waals surface area contributed by atoms with Gasteiger partial charge in [-0.3, -0.25) is 0 Å². The van der Waals surface area contributed by atoms with E-state index in [1.165, 1.54) is 40.1 Å². The molecule has 0 spiro atoms. The number of nitrogens with one attached hydrogen (secondary N) is 1. The average Bonchev–Trinajstić information content (AvgIpc) is 2.61. The van der Waals surface area contributed by atoms with E-state index in [2.05, 4.69) is 72.9 Å². The predicted octanol–water partition coefficient (Wildman–Crippen LogP) is 6.18. The molecule has 0 atom stereocenters. The maximum atomic E-state index is 4.95. The molecule has 1 heterocycles. The lowest BCUT2D eigenvalue weighted by atomic mass is 10.0. The van der Waals surface area contributed by atoms with Gasteiger partial charge in [-0.25, -0.2) is 4.98 Å². The highest BCUT2D eigenvalue weighted by molar-refractivity contribution is 6.15. The standard InChI is InChI=1S/C21H20N2.ClH/c1-2-3-14-22-20-17-10-6-7-11-19(17)23-21-16-9-5-4-8-15(16)12-13-18(20)21;/h4-13H,2-3,14H2,1H3,(H,22,23);1H. The molecule has 2 nitrogen and oxygen atoms in total. The van der Waals surface area contributed by atoms with Gasteiger partial charge in [-0.05, 0) is 17.9 Å². The summed E-state index contributed by atoms with van der Waals surface area (Å²) in [5, 5.41) is 8.52. The van der Waals surface area contributed by atoms with Crippen LogP contribution >= 0.6 is 12.4 Å². The van der Waals surface area contributed by atoms with Crippen molar-refractivity contribution in [1.29, 1.82) is 0 Å². The minimum Gasteiger partial charge on any atom is -0.384 e. The van der Waals surface area contributed by atoms with E-state index in [0.29, 0.717) is 0 Å². The molecule has 4 aromatic rings. The van der Waals surface area contributed by atoms with Crippen LogP contribution in [0.2, 0.25) is 0 Å². The summed E-state index contributed by atoms with van der Waals surface area (Å²) in [5.41, 5.74) is 3.35. The first-order chi connectivity index (χ1) is 11.4. The third-order valence-corrected chi connectivity index (χ3v) is 4.41. The number of aromatic nitrogens is 1. The molecule has 0 aliphatic heterocycles. The lowest BCUT2D eigenvalue weighted by Crippen LogP contribution is -2.03. The number of para-hydroxylation sites is 1. The van der Waals surface area contributed by atoms with Crippen molar-refractivity contribution in [1.82, 2.24) is 4.98 Å². The lowest BCUT2D eigenvalue weighted by molar-refractivity contribution is 0.835. The van der Waals surface area contributed by atoms with Crippen molar-refractivity contribution in [2.75, 3.05) is 11.9 Å². The lowest BCUT2D eigenvalue weighted by Gasteiger charge is -2.14. The SMILES string of the molecule is CCCCNc1c2ccccc2nc2c1ccc1ccccc12.Cl. The van der Waals surface area contributed by atoms with Gasteiger partial charge in [0.2, 0.25) is 0 Å². The predicted molar refractivity (Wildman–Crippen MR) is 107 cm³/mol. The van der Waals surface area contributed by atoms with Crippen LogP contribution in [-0.4, -0.2) is 11.5 Å². The molecule has 0 aliphatic rings. The molecule has 3 heteroatoms. The van der Waals surface area contributed by atoms with Gasteiger partial charge in [-0.1, -0.05) is 67.9 Å². The maximum absolute atomic E-state index is 4.95. The number of rotatable bonds is 4. The normalized spacial score (nSPS) is 10.9. The van der Waals surface area contributed by atoms with Crippen molar-refractivity contribution >= 4 is 50.7 Å². The van der Waals surface area contributed by atoms with E-state index in [-0.39, 0.29) is 12.4 Å². The molecule has 122 valence electrons. The van der Waals surface area contributed by atoms with E-state index in [1.54, 1.807) is 0 Å². The van der Waals surface area contributed by atoms with Crippen LogP contribution < -0.4 is 5.32 Å². The van der Waals surface area contributed by atoms with Crippen molar-refractivity contribution < 1.29 is 0 Å². The number of hydrogen-bond acceptors (Lipinski definition) is 2. The Bertz CT molecular complexity index is 995. The van der Waals surface area contributed by atoms with Gasteiger partial charge in [0.05, 0.1) is 16.7 Å². The zero-order valence-electron chi connectivity index (χ0n) is 13.8. The Morgan fingerprint density at radius 1 is 0.833 bits per heavy atom. The molecular weight excluding hydrogens is 316 g/mol. The van der Waals surface area contributed by atoms with Crippen LogP contribution in [0, 0.1) is 0 Å². The van der Waals surface area contributed by atoms with Crippen molar-refractivity contribution in [3.05, 3.63) is 60.7 Å². The summed E-state index contributed by atoms with van der Waals surface area (Å²) in [6, 6.07) is 21.3. The van der Waals surface area contributed by atoms with Crippen molar-refractivity contribution in [3.8, 4) is 0 Å². The molecule has 0 bridgehead atoms. The van der Waals surface area contributed by atoms with Crippen LogP contribution in [0.15, 0.2) is 60.7 Å². The van der Waals surface area contributed by atoms with Gasteiger partial charge in [0.1, 0.15) is 0 Å². The number of unbranched alkanes of at least 4 members (excludes halogenated alkanes) is 1. The van der Waals surface area contributed by atoms with Crippen LogP contribution in [0.25, 0.3) is 32.6 Å². The van der Waals surface area contributed by atoms with Crippen LogP contribution in [0.4, 0.5) is 5.69 Å². The highest BCUT2D eigenvalue weighted by Crippen LogP contribution is 2.34. The zero-order valence-corrected chi connectivity index (χ0v) is 14.6. The van der Waals surface area contributed by atoms with Gasteiger partial charge in [0, 0.05) is 22.7 Å². The number of halogens is 1. The highest BCUT2D eigenvalue weighted by Gasteiger charge is 2.10. The number of nitrogens with zero attached hydrogens (tertiary/aromatic N) is 1. The fourth-order valence-electron chi connectivity index (χ4n) is 3.21. The van der Waals surface area contributed by atoms with Crippen LogP contribution in [0.3, 0.4) is 0 Å². The second-order valence-electron chi connectivity index (χ2n) is 5.97. The van der Waals surface area contributed by atoms with Gasteiger partial charge in [0.25, 0.3) is 0 Å². The van der Waals surface area contributed by atoms with Gasteiger partial charge in [0.15, 0.2) is 0 Å². The summed E-state index contributed by atoms with van der Waals surface area (Å²) < 4.78 is 0. The number of pyridine rings is 1. The fourth-order valence-corrected chi connectivity index (χ4v) is 3.21. The van der Waals surface area contributed by atoms with Crippen LogP contribution in [0.5, 0.6) is 0 Å². The molecule has 3 aromatic carbocycles. The summed E-state index contributed by atoms with van der Waals surface area (Å²) >= 11 is 0. The summed E-state index contributed by atoms with van der Waals surface area (Å²) in [6.45, 7) is 3.21. The molecule has 4 rings (SSSR count). The van der Waals surface area contributed by atoms with Crippen LogP contribution in [0.1, 0.15) is 19.8 Å². The van der Waals surface area contributed by atoms with Gasteiger partial charge in [-0.15, -0.1) is 12.4 Å². The number of hydrogen-bond donors (Lipinski definition) is 1. The van der Waals surface area contributed by atoms with Crippen molar-refractivity contribution in [3.63, 3.8) is 0 Å². The van der Waals surface area contributed by atoms with Gasteiger partial charge >= 0.3 is 0 Å². The van der Waals surface area contributed by atoms with E-state index in [0.717, 1.165) is 17.6 Å². The summed E-state index contributed by atoms with van der Waals surface area (Å²) in [5.74, 6) is 0. The van der Waals surface area contributed by atoms with E-state index in [9.17, 15) is 0 Å². The largest absolute Gasteiger partial charge is 0.384 e. The number of anilines is 1. The topological polar surface area (TPSA) is 24.9 Å². The van der Waals surface area contributed by atoms with E-state index in [4.69, 9.17) is 4.98 Å². The molecule has 0 amide bonds. The Morgan fingerprint density at radius 2 is 1.58 bits per heavy atom. The molecule has 1 aromatic heterocycles. The Morgan fingerprint density at radius 3 is 2.42 bits per heavy atom. The molecule has 0 aliphatic carbocycles. The molecular formula is C21H21ClN2. The minimum absolute atomic E-state index is 0. The van der Waals surface area contributed by atoms with Gasteiger partial charge in [-0.2, -0.15) is 0 Å². The summed E-state index contributed by atoms with van der Waals surface area (Å²) in [6.07, 6.45) is 2.36. The first-order valence-corrected chi connectivity index (χ1v) is 8.32. The smallest absolute Gasteiger partial charge is 0.0808 e. The molecule has 1 N–H and O–H groups in total. The van der Waals surface area contributed by atoms with Crippen molar-refractivity contribution in [2.45, 2.75) is 19.8 Å². The molecule has 0 fully saturated rings. The van der Waals surface area contributed by atoms with E-state index < -0.39 is 0 Å². The number of fused-ring (bicyclic) bond motifs is 4. The Hall–Kier alpha value is -2.32. The monoisotopic (exact) mass is 336 g/mol. The molecule has 0 saturated carbocycles. The second-order valence-corrected chi connectivity index (χ2v) is 5.97. The Kier molecular flexibility index (Phi) is 4.86. The first kappa shape index (κ1) is 16.5. The molecule has 0 radical (unpaired) electrons. The first-order valence-electron chi connectivity index (χ1n) is 8.32.